The highest BCUT2D eigenvalue weighted by Gasteiger charge is 2.22. The van der Waals surface area contributed by atoms with E-state index < -0.39 is 0 Å². The van der Waals surface area contributed by atoms with Crippen LogP contribution in [0, 0.1) is 4.91 Å². The predicted octanol–water partition coefficient (Wildman–Crippen LogP) is 3.86. The zero-order valence-corrected chi connectivity index (χ0v) is 9.16. The molecular formula is C12H14N2O. The molecule has 0 saturated carbocycles. The van der Waals surface area contributed by atoms with E-state index in [-0.39, 0.29) is 5.41 Å². The predicted molar refractivity (Wildman–Crippen MR) is 62.5 cm³/mol. The Labute approximate surface area is 88.5 Å². The smallest absolute Gasteiger partial charge is 0.137 e. The number of fused-ring (bicyclic) bond motifs is 1. The van der Waals surface area contributed by atoms with Gasteiger partial charge in [0.25, 0.3) is 0 Å². The molecule has 1 aromatic carbocycles. The van der Waals surface area contributed by atoms with Crippen LogP contribution in [-0.4, -0.2) is 4.98 Å². The van der Waals surface area contributed by atoms with Crippen LogP contribution in [0.3, 0.4) is 0 Å². The van der Waals surface area contributed by atoms with E-state index in [9.17, 15) is 4.91 Å². The third-order valence-corrected chi connectivity index (χ3v) is 2.52. The number of aromatic amines is 1. The van der Waals surface area contributed by atoms with Crippen LogP contribution in [0.15, 0.2) is 29.4 Å². The van der Waals surface area contributed by atoms with Crippen molar-refractivity contribution < 1.29 is 0 Å². The maximum absolute atomic E-state index is 10.9. The van der Waals surface area contributed by atoms with E-state index in [2.05, 4.69) is 30.9 Å². The summed E-state index contributed by atoms with van der Waals surface area (Å²) < 4.78 is 0. The van der Waals surface area contributed by atoms with Gasteiger partial charge in [0.2, 0.25) is 0 Å². The van der Waals surface area contributed by atoms with Crippen LogP contribution < -0.4 is 0 Å². The van der Waals surface area contributed by atoms with Crippen LogP contribution in [0.5, 0.6) is 0 Å². The Kier molecular flexibility index (Phi) is 2.11. The first kappa shape index (κ1) is 9.90. The Morgan fingerprint density at radius 2 is 1.87 bits per heavy atom. The number of nitroso groups, excluding NO2 is 1. The van der Waals surface area contributed by atoms with Gasteiger partial charge in [0.15, 0.2) is 0 Å². The molecule has 0 spiro atoms. The van der Waals surface area contributed by atoms with E-state index in [0.717, 1.165) is 16.6 Å². The maximum atomic E-state index is 10.9. The summed E-state index contributed by atoms with van der Waals surface area (Å²) in [6.45, 7) is 6.19. The minimum Gasteiger partial charge on any atom is -0.356 e. The summed E-state index contributed by atoms with van der Waals surface area (Å²) in [5, 5.41) is 4.04. The highest BCUT2D eigenvalue weighted by molar-refractivity contribution is 5.93. The Balaban J connectivity index is 2.81. The number of para-hydroxylation sites is 1. The van der Waals surface area contributed by atoms with Crippen LogP contribution in [-0.2, 0) is 5.41 Å². The molecule has 1 N–H and O–H groups in total. The van der Waals surface area contributed by atoms with Crippen molar-refractivity contribution in [2.24, 2.45) is 5.18 Å². The molecule has 0 radical (unpaired) electrons. The molecule has 78 valence electrons. The Morgan fingerprint density at radius 1 is 1.20 bits per heavy atom. The molecule has 0 fully saturated rings. The Morgan fingerprint density at radius 3 is 2.47 bits per heavy atom. The average Bonchev–Trinajstić information content (AvgIpc) is 2.55. The summed E-state index contributed by atoms with van der Waals surface area (Å²) in [5.74, 6) is 0. The Bertz CT molecular complexity index is 506. The number of benzene rings is 1. The summed E-state index contributed by atoms with van der Waals surface area (Å²) in [6, 6.07) is 7.73. The number of nitrogens with one attached hydrogen (secondary N) is 1. The molecule has 0 saturated heterocycles. The van der Waals surface area contributed by atoms with Crippen molar-refractivity contribution in [3.63, 3.8) is 0 Å². The van der Waals surface area contributed by atoms with Gasteiger partial charge in [-0.15, -0.1) is 4.91 Å². The standard InChI is InChI=1S/C12H14N2O/c1-12(2,3)11-10(14-15)8-6-4-5-7-9(8)13-11/h4-7,13H,1-3H3. The molecule has 1 aromatic heterocycles. The van der Waals surface area contributed by atoms with Crippen molar-refractivity contribution in [1.29, 1.82) is 0 Å². The van der Waals surface area contributed by atoms with Gasteiger partial charge in [0.1, 0.15) is 5.69 Å². The molecule has 0 unspecified atom stereocenters. The van der Waals surface area contributed by atoms with Crippen molar-refractivity contribution in [1.82, 2.24) is 4.98 Å². The second kappa shape index (κ2) is 3.19. The summed E-state index contributed by atoms with van der Waals surface area (Å²) in [7, 11) is 0. The van der Waals surface area contributed by atoms with E-state index in [1.807, 2.05) is 24.3 Å². The van der Waals surface area contributed by atoms with E-state index in [1.54, 1.807) is 0 Å². The summed E-state index contributed by atoms with van der Waals surface area (Å²) >= 11 is 0. The quantitative estimate of drug-likeness (QED) is 0.701. The van der Waals surface area contributed by atoms with Gasteiger partial charge in [-0.1, -0.05) is 39.0 Å². The number of hydrogen-bond donors (Lipinski definition) is 1. The molecule has 2 rings (SSSR count). The van der Waals surface area contributed by atoms with Crippen LogP contribution in [0.25, 0.3) is 10.9 Å². The van der Waals surface area contributed by atoms with Gasteiger partial charge in [-0.2, -0.15) is 0 Å². The van der Waals surface area contributed by atoms with Crippen LogP contribution in [0.4, 0.5) is 5.69 Å². The van der Waals surface area contributed by atoms with Gasteiger partial charge < -0.3 is 4.98 Å². The average molecular weight is 202 g/mol. The fraction of sp³-hybridized carbons (Fsp3) is 0.333. The first-order chi connectivity index (χ1) is 7.04. The minimum atomic E-state index is -0.0950. The molecule has 2 aromatic rings. The largest absolute Gasteiger partial charge is 0.356 e. The van der Waals surface area contributed by atoms with Crippen molar-refractivity contribution >= 4 is 16.6 Å². The Hall–Kier alpha value is -1.64. The third kappa shape index (κ3) is 1.54. The SMILES string of the molecule is CC(C)(C)c1[nH]c2ccccc2c1N=O. The van der Waals surface area contributed by atoms with Gasteiger partial charge >= 0.3 is 0 Å². The van der Waals surface area contributed by atoms with Crippen molar-refractivity contribution in [3.8, 4) is 0 Å². The molecule has 0 atom stereocenters. The molecule has 3 heteroatoms. The molecule has 1 heterocycles. The third-order valence-electron chi connectivity index (χ3n) is 2.52. The van der Waals surface area contributed by atoms with Gasteiger partial charge in [-0.05, 0) is 11.2 Å². The fourth-order valence-electron chi connectivity index (χ4n) is 1.76. The molecule has 15 heavy (non-hydrogen) atoms. The van der Waals surface area contributed by atoms with Gasteiger partial charge in [-0.3, -0.25) is 0 Å². The number of rotatable bonds is 1. The summed E-state index contributed by atoms with van der Waals surface area (Å²) in [5.41, 5.74) is 2.32. The lowest BCUT2D eigenvalue weighted by Crippen LogP contribution is -2.11. The first-order valence-electron chi connectivity index (χ1n) is 4.98. The van der Waals surface area contributed by atoms with E-state index >= 15 is 0 Å². The number of aromatic nitrogens is 1. The lowest BCUT2D eigenvalue weighted by Gasteiger charge is -2.16. The van der Waals surface area contributed by atoms with Crippen LogP contribution >= 0.6 is 0 Å². The first-order valence-corrected chi connectivity index (χ1v) is 4.98. The van der Waals surface area contributed by atoms with E-state index in [4.69, 9.17) is 0 Å². The zero-order valence-electron chi connectivity index (χ0n) is 9.16. The molecule has 0 amide bonds. The number of nitrogens with zero attached hydrogens (tertiary/aromatic N) is 1. The molecule has 0 bridgehead atoms. The maximum Gasteiger partial charge on any atom is 0.137 e. The number of hydrogen-bond acceptors (Lipinski definition) is 2. The highest BCUT2D eigenvalue weighted by Crippen LogP contribution is 2.37. The monoisotopic (exact) mass is 202 g/mol. The van der Waals surface area contributed by atoms with Gasteiger partial charge in [0.05, 0.1) is 5.69 Å². The normalized spacial score (nSPS) is 11.9. The molecule has 0 aliphatic heterocycles. The highest BCUT2D eigenvalue weighted by atomic mass is 16.3. The molecule has 3 nitrogen and oxygen atoms in total. The molecular weight excluding hydrogens is 188 g/mol. The van der Waals surface area contributed by atoms with Crippen LogP contribution in [0.1, 0.15) is 26.5 Å². The topological polar surface area (TPSA) is 45.2 Å². The van der Waals surface area contributed by atoms with E-state index in [1.165, 1.54) is 0 Å². The lowest BCUT2D eigenvalue weighted by atomic mass is 9.91. The van der Waals surface area contributed by atoms with Crippen molar-refractivity contribution in [3.05, 3.63) is 34.9 Å². The van der Waals surface area contributed by atoms with Crippen molar-refractivity contribution in [2.45, 2.75) is 26.2 Å². The summed E-state index contributed by atoms with van der Waals surface area (Å²) in [4.78, 5) is 14.1. The van der Waals surface area contributed by atoms with Crippen LogP contribution in [0.2, 0.25) is 0 Å². The fourth-order valence-corrected chi connectivity index (χ4v) is 1.76. The molecule has 0 aliphatic rings. The van der Waals surface area contributed by atoms with Crippen molar-refractivity contribution in [2.75, 3.05) is 0 Å². The number of H-pyrrole nitrogens is 1. The summed E-state index contributed by atoms with van der Waals surface area (Å²) in [6.07, 6.45) is 0. The molecule has 0 aliphatic carbocycles. The van der Waals surface area contributed by atoms with E-state index in [0.29, 0.717) is 5.69 Å². The zero-order chi connectivity index (χ0) is 11.1. The lowest BCUT2D eigenvalue weighted by molar-refractivity contribution is 0.575. The van der Waals surface area contributed by atoms with Gasteiger partial charge in [0, 0.05) is 16.3 Å². The van der Waals surface area contributed by atoms with Gasteiger partial charge in [-0.25, -0.2) is 0 Å². The second-order valence-electron chi connectivity index (χ2n) is 4.74. The second-order valence-corrected chi connectivity index (χ2v) is 4.74. The minimum absolute atomic E-state index is 0.0950.